The second kappa shape index (κ2) is 5.02. The summed E-state index contributed by atoms with van der Waals surface area (Å²) in [6, 6.07) is 3.30. The average Bonchev–Trinajstić information content (AvgIpc) is 2.16. The highest BCUT2D eigenvalue weighted by atomic mass is 79.9. The van der Waals surface area contributed by atoms with Crippen LogP contribution in [0, 0.1) is 0 Å². The van der Waals surface area contributed by atoms with Gasteiger partial charge in [0.25, 0.3) is 0 Å². The van der Waals surface area contributed by atoms with Gasteiger partial charge in [0.15, 0.2) is 0 Å². The Hall–Kier alpha value is -1.23. The lowest BCUT2D eigenvalue weighted by Crippen LogP contribution is -2.10. The number of hydrogen-bond acceptors (Lipinski definition) is 4. The summed E-state index contributed by atoms with van der Waals surface area (Å²) in [4.78, 5) is 11.6. The van der Waals surface area contributed by atoms with E-state index in [0.717, 1.165) is 4.47 Å². The first-order valence-corrected chi connectivity index (χ1v) is 5.19. The van der Waals surface area contributed by atoms with E-state index < -0.39 is 5.97 Å². The summed E-state index contributed by atoms with van der Waals surface area (Å²) in [5.74, 6) is -0.0697. The van der Waals surface area contributed by atoms with Crippen LogP contribution in [0.15, 0.2) is 16.6 Å². The molecule has 0 unspecified atom stereocenters. The summed E-state index contributed by atoms with van der Waals surface area (Å²) in [6.07, 6.45) is 0. The summed E-state index contributed by atoms with van der Waals surface area (Å²) in [7, 11) is 1.48. The minimum atomic E-state index is -0.473. The van der Waals surface area contributed by atoms with Crippen molar-refractivity contribution < 1.29 is 14.3 Å². The Morgan fingerprint density at radius 1 is 1.53 bits per heavy atom. The number of esters is 1. The van der Waals surface area contributed by atoms with Crippen molar-refractivity contribution in [1.29, 1.82) is 0 Å². The molecule has 15 heavy (non-hydrogen) atoms. The molecule has 0 aromatic heterocycles. The number of benzene rings is 1. The quantitative estimate of drug-likeness (QED) is 0.678. The van der Waals surface area contributed by atoms with Crippen molar-refractivity contribution in [3.63, 3.8) is 0 Å². The van der Waals surface area contributed by atoms with Gasteiger partial charge in [0.1, 0.15) is 11.3 Å². The molecule has 4 nitrogen and oxygen atoms in total. The van der Waals surface area contributed by atoms with E-state index in [1.54, 1.807) is 19.1 Å². The number of methoxy groups -OCH3 is 1. The fraction of sp³-hybridized carbons (Fsp3) is 0.300. The van der Waals surface area contributed by atoms with Gasteiger partial charge in [-0.2, -0.15) is 0 Å². The number of halogens is 1. The maximum Gasteiger partial charge on any atom is 0.344 e. The molecule has 0 saturated carbocycles. The molecule has 0 bridgehead atoms. The molecule has 0 aliphatic rings. The molecule has 82 valence electrons. The van der Waals surface area contributed by atoms with Crippen LogP contribution in [0.3, 0.4) is 0 Å². The molecular weight excluding hydrogens is 262 g/mol. The van der Waals surface area contributed by atoms with Gasteiger partial charge in [0.05, 0.1) is 19.4 Å². The van der Waals surface area contributed by atoms with Crippen LogP contribution < -0.4 is 10.5 Å². The number of carbonyl (C=O) groups excluding carboxylic acids is 1. The predicted octanol–water partition coefficient (Wildman–Crippen LogP) is 2.22. The highest BCUT2D eigenvalue weighted by Gasteiger charge is 2.17. The molecule has 1 rings (SSSR count). The average molecular weight is 274 g/mol. The summed E-state index contributed by atoms with van der Waals surface area (Å²) < 4.78 is 10.7. The Morgan fingerprint density at radius 3 is 2.73 bits per heavy atom. The highest BCUT2D eigenvalue weighted by molar-refractivity contribution is 9.10. The topological polar surface area (TPSA) is 61.5 Å². The second-order valence-electron chi connectivity index (χ2n) is 2.79. The third kappa shape index (κ3) is 2.62. The Morgan fingerprint density at radius 2 is 2.20 bits per heavy atom. The van der Waals surface area contributed by atoms with Gasteiger partial charge >= 0.3 is 5.97 Å². The van der Waals surface area contributed by atoms with E-state index in [2.05, 4.69) is 15.9 Å². The third-order valence-corrected chi connectivity index (χ3v) is 2.25. The Labute approximate surface area is 96.5 Å². The first kappa shape index (κ1) is 11.8. The normalized spacial score (nSPS) is 9.80. The maximum absolute atomic E-state index is 11.6. The molecule has 0 heterocycles. The number of anilines is 1. The molecule has 0 fully saturated rings. The van der Waals surface area contributed by atoms with Crippen molar-refractivity contribution in [2.45, 2.75) is 6.92 Å². The molecule has 0 atom stereocenters. The van der Waals surface area contributed by atoms with Crippen molar-refractivity contribution in [3.8, 4) is 5.75 Å². The van der Waals surface area contributed by atoms with E-state index >= 15 is 0 Å². The highest BCUT2D eigenvalue weighted by Crippen LogP contribution is 2.29. The van der Waals surface area contributed by atoms with Crippen LogP contribution in [-0.2, 0) is 4.74 Å². The maximum atomic E-state index is 11.6. The molecule has 0 aliphatic carbocycles. The molecule has 5 heteroatoms. The summed E-state index contributed by atoms with van der Waals surface area (Å²) >= 11 is 3.26. The molecule has 0 saturated heterocycles. The van der Waals surface area contributed by atoms with E-state index in [-0.39, 0.29) is 5.56 Å². The lowest BCUT2D eigenvalue weighted by Gasteiger charge is -2.10. The van der Waals surface area contributed by atoms with Crippen LogP contribution in [0.2, 0.25) is 0 Å². The fourth-order valence-corrected chi connectivity index (χ4v) is 1.64. The molecule has 0 aliphatic heterocycles. The van der Waals surface area contributed by atoms with Crippen LogP contribution in [0.4, 0.5) is 5.69 Å². The van der Waals surface area contributed by atoms with Crippen molar-refractivity contribution in [1.82, 2.24) is 0 Å². The lowest BCUT2D eigenvalue weighted by atomic mass is 10.1. The fourth-order valence-electron chi connectivity index (χ4n) is 1.18. The second-order valence-corrected chi connectivity index (χ2v) is 3.71. The number of nitrogens with two attached hydrogens (primary N) is 1. The molecular formula is C10H12BrNO3. The van der Waals surface area contributed by atoms with Gasteiger partial charge in [-0.25, -0.2) is 4.79 Å². The summed E-state index contributed by atoms with van der Waals surface area (Å²) in [6.45, 7) is 2.04. The molecule has 0 radical (unpaired) electrons. The zero-order chi connectivity index (χ0) is 11.4. The van der Waals surface area contributed by atoms with Crippen molar-refractivity contribution in [2.75, 3.05) is 19.5 Å². The SMILES string of the molecule is CCOC(=O)c1c(N)cc(Br)cc1OC. The first-order chi connectivity index (χ1) is 7.10. The zero-order valence-electron chi connectivity index (χ0n) is 8.54. The molecule has 0 amide bonds. The van der Waals surface area contributed by atoms with Gasteiger partial charge in [0.2, 0.25) is 0 Å². The van der Waals surface area contributed by atoms with Crippen molar-refractivity contribution in [3.05, 3.63) is 22.2 Å². The number of ether oxygens (including phenoxy) is 2. The first-order valence-electron chi connectivity index (χ1n) is 4.40. The van der Waals surface area contributed by atoms with E-state index in [4.69, 9.17) is 15.2 Å². The molecule has 0 spiro atoms. The van der Waals surface area contributed by atoms with E-state index in [0.29, 0.717) is 18.0 Å². The number of rotatable bonds is 3. The van der Waals surface area contributed by atoms with Crippen molar-refractivity contribution in [2.24, 2.45) is 0 Å². The van der Waals surface area contributed by atoms with Crippen LogP contribution >= 0.6 is 15.9 Å². The monoisotopic (exact) mass is 273 g/mol. The molecule has 1 aromatic rings. The van der Waals surface area contributed by atoms with Gasteiger partial charge in [0, 0.05) is 4.47 Å². The Balaban J connectivity index is 3.20. The van der Waals surface area contributed by atoms with E-state index in [9.17, 15) is 4.79 Å². The third-order valence-electron chi connectivity index (χ3n) is 1.80. The van der Waals surface area contributed by atoms with Gasteiger partial charge in [-0.3, -0.25) is 0 Å². The van der Waals surface area contributed by atoms with Crippen molar-refractivity contribution >= 4 is 27.6 Å². The van der Waals surface area contributed by atoms with Gasteiger partial charge in [-0.15, -0.1) is 0 Å². The Kier molecular flexibility index (Phi) is 3.96. The van der Waals surface area contributed by atoms with Crippen LogP contribution in [0.1, 0.15) is 17.3 Å². The van der Waals surface area contributed by atoms with Crippen LogP contribution in [0.5, 0.6) is 5.75 Å². The lowest BCUT2D eigenvalue weighted by molar-refractivity contribution is 0.0524. The van der Waals surface area contributed by atoms with Gasteiger partial charge in [-0.1, -0.05) is 15.9 Å². The largest absolute Gasteiger partial charge is 0.496 e. The van der Waals surface area contributed by atoms with Gasteiger partial charge in [-0.05, 0) is 19.1 Å². The number of carbonyl (C=O) groups is 1. The molecule has 1 aromatic carbocycles. The number of hydrogen-bond donors (Lipinski definition) is 1. The summed E-state index contributed by atoms with van der Waals surface area (Å²) in [5, 5.41) is 0. The number of nitrogen functional groups attached to an aromatic ring is 1. The minimum Gasteiger partial charge on any atom is -0.496 e. The zero-order valence-corrected chi connectivity index (χ0v) is 10.1. The van der Waals surface area contributed by atoms with Gasteiger partial charge < -0.3 is 15.2 Å². The summed E-state index contributed by atoms with van der Waals surface area (Å²) in [5.41, 5.74) is 6.32. The smallest absolute Gasteiger partial charge is 0.344 e. The predicted molar refractivity (Wildman–Crippen MR) is 61.1 cm³/mol. The molecule has 2 N–H and O–H groups in total. The van der Waals surface area contributed by atoms with E-state index in [1.807, 2.05) is 0 Å². The standard InChI is InChI=1S/C10H12BrNO3/c1-3-15-10(13)9-7(12)4-6(11)5-8(9)14-2/h4-5H,3,12H2,1-2H3. The Bertz CT molecular complexity index is 379. The van der Waals surface area contributed by atoms with Crippen LogP contribution in [-0.4, -0.2) is 19.7 Å². The minimum absolute atomic E-state index is 0.266. The van der Waals surface area contributed by atoms with Crippen LogP contribution in [0.25, 0.3) is 0 Å². The van der Waals surface area contributed by atoms with E-state index in [1.165, 1.54) is 7.11 Å².